The molecule has 1 heterocycles. The van der Waals surface area contributed by atoms with Crippen molar-refractivity contribution in [2.75, 3.05) is 34.4 Å². The van der Waals surface area contributed by atoms with Gasteiger partial charge in [0.25, 0.3) is 0 Å². The maximum Gasteiger partial charge on any atom is 0.203 e. The first-order valence-corrected chi connectivity index (χ1v) is 7.15. The summed E-state index contributed by atoms with van der Waals surface area (Å²) in [5.74, 6) is 1.97. The molecule has 0 amide bonds. The van der Waals surface area contributed by atoms with Crippen LogP contribution in [-0.2, 0) is 0 Å². The van der Waals surface area contributed by atoms with Crippen LogP contribution in [0.25, 0.3) is 0 Å². The third kappa shape index (κ3) is 3.22. The summed E-state index contributed by atoms with van der Waals surface area (Å²) in [7, 11) is 4.76. The molecule has 1 aliphatic rings. The number of nitriles is 1. The van der Waals surface area contributed by atoms with Gasteiger partial charge in [-0.05, 0) is 49.5 Å². The second-order valence-electron chi connectivity index (χ2n) is 5.15. The van der Waals surface area contributed by atoms with Crippen molar-refractivity contribution in [1.29, 1.82) is 5.26 Å². The minimum Gasteiger partial charge on any atom is -0.493 e. The van der Waals surface area contributed by atoms with E-state index in [1.54, 1.807) is 21.3 Å². The zero-order valence-corrected chi connectivity index (χ0v) is 12.8. The summed E-state index contributed by atoms with van der Waals surface area (Å²) in [5.41, 5.74) is 0.930. The molecule has 0 spiro atoms. The van der Waals surface area contributed by atoms with Crippen LogP contribution in [-0.4, -0.2) is 34.4 Å². The van der Waals surface area contributed by atoms with E-state index in [1.165, 1.54) is 0 Å². The zero-order valence-electron chi connectivity index (χ0n) is 12.8. The summed E-state index contributed by atoms with van der Waals surface area (Å²) in [4.78, 5) is 0. The van der Waals surface area contributed by atoms with E-state index in [4.69, 9.17) is 14.2 Å². The van der Waals surface area contributed by atoms with Crippen molar-refractivity contribution < 1.29 is 14.2 Å². The van der Waals surface area contributed by atoms with Crippen LogP contribution in [0.15, 0.2) is 12.1 Å². The van der Waals surface area contributed by atoms with Gasteiger partial charge in [-0.1, -0.05) is 0 Å². The molecule has 0 bridgehead atoms. The van der Waals surface area contributed by atoms with Gasteiger partial charge in [0.1, 0.15) is 0 Å². The van der Waals surface area contributed by atoms with Crippen molar-refractivity contribution in [3.8, 4) is 23.3 Å². The van der Waals surface area contributed by atoms with Crippen molar-refractivity contribution in [2.45, 2.75) is 18.8 Å². The lowest BCUT2D eigenvalue weighted by molar-refractivity contribution is 0.320. The van der Waals surface area contributed by atoms with Crippen LogP contribution in [0.1, 0.15) is 24.3 Å². The Morgan fingerprint density at radius 2 is 1.67 bits per heavy atom. The normalized spacial score (nSPS) is 16.9. The second kappa shape index (κ2) is 7.19. The highest BCUT2D eigenvalue weighted by molar-refractivity contribution is 5.55. The number of piperidine rings is 1. The van der Waals surface area contributed by atoms with E-state index in [0.717, 1.165) is 31.5 Å². The van der Waals surface area contributed by atoms with Gasteiger partial charge in [0, 0.05) is 0 Å². The highest BCUT2D eigenvalue weighted by Crippen LogP contribution is 2.42. The van der Waals surface area contributed by atoms with Gasteiger partial charge >= 0.3 is 0 Å². The number of benzene rings is 1. The topological polar surface area (TPSA) is 63.5 Å². The molecule has 1 atom stereocenters. The molecule has 1 aliphatic heterocycles. The molecule has 1 N–H and O–H groups in total. The summed E-state index contributed by atoms with van der Waals surface area (Å²) >= 11 is 0. The Morgan fingerprint density at radius 3 is 2.10 bits per heavy atom. The third-order valence-electron chi connectivity index (χ3n) is 4.04. The average Bonchev–Trinajstić information content (AvgIpc) is 2.55. The number of nitrogens with one attached hydrogen (secondary N) is 1. The fourth-order valence-electron chi connectivity index (χ4n) is 2.91. The number of methoxy groups -OCH3 is 3. The van der Waals surface area contributed by atoms with Crippen LogP contribution in [0.3, 0.4) is 0 Å². The quantitative estimate of drug-likeness (QED) is 0.901. The SMILES string of the molecule is COc1cc(C(C#N)C2CCNCC2)cc(OC)c1OC. The number of rotatable bonds is 5. The largest absolute Gasteiger partial charge is 0.493 e. The molecule has 1 aromatic rings. The van der Waals surface area contributed by atoms with Crippen LogP contribution in [0.4, 0.5) is 0 Å². The van der Waals surface area contributed by atoms with Crippen molar-refractivity contribution in [2.24, 2.45) is 5.92 Å². The van der Waals surface area contributed by atoms with Gasteiger partial charge in [0.05, 0.1) is 33.3 Å². The monoisotopic (exact) mass is 290 g/mol. The van der Waals surface area contributed by atoms with Crippen molar-refractivity contribution in [3.63, 3.8) is 0 Å². The van der Waals surface area contributed by atoms with Gasteiger partial charge in [-0.25, -0.2) is 0 Å². The molecule has 114 valence electrons. The zero-order chi connectivity index (χ0) is 15.2. The maximum absolute atomic E-state index is 9.60. The lowest BCUT2D eigenvalue weighted by atomic mass is 9.81. The Hall–Kier alpha value is -1.93. The number of hydrogen-bond donors (Lipinski definition) is 1. The number of nitrogens with zero attached hydrogens (tertiary/aromatic N) is 1. The predicted molar refractivity (Wildman–Crippen MR) is 80.0 cm³/mol. The Bertz CT molecular complexity index is 494. The van der Waals surface area contributed by atoms with E-state index in [9.17, 15) is 5.26 Å². The van der Waals surface area contributed by atoms with Gasteiger partial charge < -0.3 is 19.5 Å². The second-order valence-corrected chi connectivity index (χ2v) is 5.15. The van der Waals surface area contributed by atoms with Crippen LogP contribution >= 0.6 is 0 Å². The summed E-state index contributed by atoms with van der Waals surface area (Å²) in [6.45, 7) is 1.93. The molecule has 2 rings (SSSR count). The van der Waals surface area contributed by atoms with Gasteiger partial charge in [-0.2, -0.15) is 5.26 Å². The van der Waals surface area contributed by atoms with Crippen LogP contribution in [0.2, 0.25) is 0 Å². The fraction of sp³-hybridized carbons (Fsp3) is 0.562. The Balaban J connectivity index is 2.39. The molecule has 5 nitrogen and oxygen atoms in total. The third-order valence-corrected chi connectivity index (χ3v) is 4.04. The van der Waals surface area contributed by atoms with Gasteiger partial charge in [-0.3, -0.25) is 0 Å². The first-order chi connectivity index (χ1) is 10.2. The predicted octanol–water partition coefficient (Wildman–Crippen LogP) is 2.32. The molecule has 1 aromatic carbocycles. The van der Waals surface area contributed by atoms with Crippen LogP contribution < -0.4 is 19.5 Å². The smallest absolute Gasteiger partial charge is 0.203 e. The molecule has 0 aliphatic carbocycles. The molecule has 0 aromatic heterocycles. The van der Waals surface area contributed by atoms with Crippen LogP contribution in [0, 0.1) is 17.2 Å². The molecule has 5 heteroatoms. The Morgan fingerprint density at radius 1 is 1.10 bits per heavy atom. The van der Waals surface area contributed by atoms with Crippen LogP contribution in [0.5, 0.6) is 17.2 Å². The standard InChI is InChI=1S/C16H22N2O3/c1-19-14-8-12(9-15(20-2)16(14)21-3)13(10-17)11-4-6-18-7-5-11/h8-9,11,13,18H,4-7H2,1-3H3. The molecular weight excluding hydrogens is 268 g/mol. The highest BCUT2D eigenvalue weighted by Gasteiger charge is 2.27. The highest BCUT2D eigenvalue weighted by atomic mass is 16.5. The van der Waals surface area contributed by atoms with Crippen molar-refractivity contribution >= 4 is 0 Å². The van der Waals surface area contributed by atoms with E-state index in [-0.39, 0.29) is 5.92 Å². The van der Waals surface area contributed by atoms with E-state index in [0.29, 0.717) is 23.2 Å². The summed E-state index contributed by atoms with van der Waals surface area (Å²) in [6.07, 6.45) is 2.02. The molecule has 1 fully saturated rings. The molecule has 0 saturated carbocycles. The van der Waals surface area contributed by atoms with Crippen molar-refractivity contribution in [3.05, 3.63) is 17.7 Å². The molecule has 1 unspecified atom stereocenters. The van der Waals surface area contributed by atoms with E-state index in [1.807, 2.05) is 12.1 Å². The van der Waals surface area contributed by atoms with E-state index in [2.05, 4.69) is 11.4 Å². The van der Waals surface area contributed by atoms with Gasteiger partial charge in [0.2, 0.25) is 5.75 Å². The van der Waals surface area contributed by atoms with Gasteiger partial charge in [-0.15, -0.1) is 0 Å². The maximum atomic E-state index is 9.60. The summed E-state index contributed by atoms with van der Waals surface area (Å²) in [5, 5.41) is 12.9. The average molecular weight is 290 g/mol. The lowest BCUT2D eigenvalue weighted by Gasteiger charge is -2.27. The molecule has 0 radical (unpaired) electrons. The Kier molecular flexibility index (Phi) is 5.29. The number of ether oxygens (including phenoxy) is 3. The van der Waals surface area contributed by atoms with E-state index < -0.39 is 0 Å². The summed E-state index contributed by atoms with van der Waals surface area (Å²) < 4.78 is 16.1. The first kappa shape index (κ1) is 15.5. The lowest BCUT2D eigenvalue weighted by Crippen LogP contribution is -2.30. The molecule has 1 saturated heterocycles. The van der Waals surface area contributed by atoms with E-state index >= 15 is 0 Å². The first-order valence-electron chi connectivity index (χ1n) is 7.15. The molecular formula is C16H22N2O3. The Labute approximate surface area is 125 Å². The minimum atomic E-state index is -0.152. The number of hydrogen-bond acceptors (Lipinski definition) is 5. The minimum absolute atomic E-state index is 0.152. The summed E-state index contributed by atoms with van der Waals surface area (Å²) in [6, 6.07) is 6.22. The van der Waals surface area contributed by atoms with Crippen molar-refractivity contribution in [1.82, 2.24) is 5.32 Å². The molecule has 21 heavy (non-hydrogen) atoms. The van der Waals surface area contributed by atoms with Gasteiger partial charge in [0.15, 0.2) is 11.5 Å². The fourth-order valence-corrected chi connectivity index (χ4v) is 2.91.